The first kappa shape index (κ1) is 9.51. The van der Waals surface area contributed by atoms with Crippen LogP contribution in [0.3, 0.4) is 0 Å². The third-order valence-electron chi connectivity index (χ3n) is 4.68. The second kappa shape index (κ2) is 2.73. The van der Waals surface area contributed by atoms with Crippen molar-refractivity contribution in [3.8, 4) is 0 Å². The van der Waals surface area contributed by atoms with Gasteiger partial charge in [0.1, 0.15) is 0 Å². The highest BCUT2D eigenvalue weighted by Gasteiger charge is 2.47. The fourth-order valence-corrected chi connectivity index (χ4v) is 3.43. The van der Waals surface area contributed by atoms with Gasteiger partial charge in [0.05, 0.1) is 0 Å². The number of fused-ring (bicyclic) bond motifs is 2. The predicted octanol–water partition coefficient (Wildman–Crippen LogP) is 2.94. The van der Waals surface area contributed by atoms with Crippen molar-refractivity contribution >= 4 is 0 Å². The van der Waals surface area contributed by atoms with Gasteiger partial charge in [0.25, 0.3) is 0 Å². The molecule has 2 unspecified atom stereocenters. The molecule has 2 rings (SSSR count). The second-order valence-electron chi connectivity index (χ2n) is 6.24. The maximum atomic E-state index is 6.30. The van der Waals surface area contributed by atoms with Crippen molar-refractivity contribution in [1.29, 1.82) is 0 Å². The summed E-state index contributed by atoms with van der Waals surface area (Å²) in [4.78, 5) is 0. The second-order valence-corrected chi connectivity index (χ2v) is 6.24. The minimum Gasteiger partial charge on any atom is -0.325 e. The maximum absolute atomic E-state index is 6.30. The molecule has 0 amide bonds. The lowest BCUT2D eigenvalue weighted by Gasteiger charge is -2.47. The Morgan fingerprint density at radius 2 is 1.62 bits per heavy atom. The van der Waals surface area contributed by atoms with E-state index in [1.54, 1.807) is 0 Å². The Balaban J connectivity index is 2.17. The van der Waals surface area contributed by atoms with Crippen LogP contribution in [0.5, 0.6) is 0 Å². The van der Waals surface area contributed by atoms with Crippen LogP contribution in [0.25, 0.3) is 0 Å². The van der Waals surface area contributed by atoms with Crippen molar-refractivity contribution in [3.05, 3.63) is 0 Å². The highest BCUT2D eigenvalue weighted by Crippen LogP contribution is 2.53. The molecule has 0 saturated heterocycles. The smallest absolute Gasteiger partial charge is 0.0151 e. The van der Waals surface area contributed by atoms with Gasteiger partial charge in [-0.1, -0.05) is 19.8 Å². The Kier molecular flexibility index (Phi) is 1.99. The number of nitrogens with two attached hydrogens (primary N) is 1. The Labute approximate surface area is 82.1 Å². The first-order chi connectivity index (χ1) is 5.91. The van der Waals surface area contributed by atoms with Crippen molar-refractivity contribution in [1.82, 2.24) is 0 Å². The summed E-state index contributed by atoms with van der Waals surface area (Å²) < 4.78 is 0. The van der Waals surface area contributed by atoms with Gasteiger partial charge in [-0.3, -0.25) is 0 Å². The summed E-state index contributed by atoms with van der Waals surface area (Å²) >= 11 is 0. The van der Waals surface area contributed by atoms with Crippen LogP contribution in [0, 0.1) is 17.3 Å². The minimum atomic E-state index is 0.00819. The molecule has 0 heterocycles. The van der Waals surface area contributed by atoms with Gasteiger partial charge in [0.15, 0.2) is 0 Å². The zero-order chi connectivity index (χ0) is 9.69. The van der Waals surface area contributed by atoms with Crippen LogP contribution in [0.2, 0.25) is 0 Å². The first-order valence-electron chi connectivity index (χ1n) is 5.70. The Bertz CT molecular complexity index is 190. The summed E-state index contributed by atoms with van der Waals surface area (Å²) in [5, 5.41) is 0. The average molecular weight is 181 g/mol. The van der Waals surface area contributed by atoms with Crippen LogP contribution in [0.4, 0.5) is 0 Å². The highest BCUT2D eigenvalue weighted by atomic mass is 14.8. The van der Waals surface area contributed by atoms with Gasteiger partial charge in [-0.2, -0.15) is 0 Å². The van der Waals surface area contributed by atoms with Crippen molar-refractivity contribution in [2.75, 3.05) is 0 Å². The van der Waals surface area contributed by atoms with Crippen molar-refractivity contribution in [3.63, 3.8) is 0 Å². The summed E-state index contributed by atoms with van der Waals surface area (Å²) in [6.07, 6.45) is 7.17. The summed E-state index contributed by atoms with van der Waals surface area (Å²) in [6, 6.07) is 0. The molecule has 13 heavy (non-hydrogen) atoms. The third kappa shape index (κ3) is 1.52. The molecule has 1 nitrogen and oxygen atoms in total. The molecule has 0 aromatic carbocycles. The lowest BCUT2D eigenvalue weighted by atomic mass is 9.61. The van der Waals surface area contributed by atoms with Gasteiger partial charge in [-0.05, 0) is 50.4 Å². The minimum absolute atomic E-state index is 0.00819. The van der Waals surface area contributed by atoms with Crippen molar-refractivity contribution in [2.24, 2.45) is 23.0 Å². The molecule has 2 saturated carbocycles. The van der Waals surface area contributed by atoms with Gasteiger partial charge < -0.3 is 5.73 Å². The molecular weight excluding hydrogens is 158 g/mol. The van der Waals surface area contributed by atoms with E-state index >= 15 is 0 Å². The fraction of sp³-hybridized carbons (Fsp3) is 1.00. The van der Waals surface area contributed by atoms with E-state index in [1.165, 1.54) is 32.1 Å². The van der Waals surface area contributed by atoms with E-state index in [2.05, 4.69) is 20.8 Å². The van der Waals surface area contributed by atoms with E-state index in [0.717, 1.165) is 11.8 Å². The summed E-state index contributed by atoms with van der Waals surface area (Å²) in [7, 11) is 0. The first-order valence-corrected chi connectivity index (χ1v) is 5.70. The molecule has 0 radical (unpaired) electrons. The molecule has 2 bridgehead atoms. The highest BCUT2D eigenvalue weighted by molar-refractivity contribution is 5.01. The number of hydrogen-bond acceptors (Lipinski definition) is 1. The molecule has 0 aromatic rings. The maximum Gasteiger partial charge on any atom is 0.0151 e. The Hall–Kier alpha value is -0.0400. The van der Waals surface area contributed by atoms with Gasteiger partial charge in [-0.25, -0.2) is 0 Å². The van der Waals surface area contributed by atoms with Crippen LogP contribution in [-0.4, -0.2) is 5.54 Å². The van der Waals surface area contributed by atoms with E-state index in [9.17, 15) is 0 Å². The molecule has 2 fully saturated rings. The fourth-order valence-electron chi connectivity index (χ4n) is 3.43. The molecule has 2 aliphatic carbocycles. The third-order valence-corrected chi connectivity index (χ3v) is 4.68. The van der Waals surface area contributed by atoms with E-state index in [1.807, 2.05) is 0 Å². The lowest BCUT2D eigenvalue weighted by Crippen LogP contribution is -2.51. The van der Waals surface area contributed by atoms with E-state index < -0.39 is 0 Å². The van der Waals surface area contributed by atoms with Crippen molar-refractivity contribution < 1.29 is 0 Å². The summed E-state index contributed by atoms with van der Waals surface area (Å²) in [5.74, 6) is 1.98. The van der Waals surface area contributed by atoms with Crippen LogP contribution in [0.1, 0.15) is 52.9 Å². The van der Waals surface area contributed by atoms with Gasteiger partial charge in [0, 0.05) is 5.54 Å². The predicted molar refractivity (Wildman–Crippen MR) is 56.4 cm³/mol. The molecule has 2 N–H and O–H groups in total. The number of rotatable bonds is 1. The molecule has 1 heteroatoms. The molecular formula is C12H23N. The summed E-state index contributed by atoms with van der Waals surface area (Å²) in [6.45, 7) is 6.81. The van der Waals surface area contributed by atoms with Gasteiger partial charge >= 0.3 is 0 Å². The normalized spacial score (nSPS) is 45.2. The topological polar surface area (TPSA) is 26.0 Å². The quantitative estimate of drug-likeness (QED) is 0.661. The SMILES string of the molecule is CC(C)(N)C1(C)CC2CCC(C2)C1. The van der Waals surface area contributed by atoms with E-state index in [-0.39, 0.29) is 5.54 Å². The molecule has 0 aliphatic heterocycles. The number of hydrogen-bond donors (Lipinski definition) is 1. The van der Waals surface area contributed by atoms with Crippen LogP contribution < -0.4 is 5.73 Å². The van der Waals surface area contributed by atoms with E-state index in [0.29, 0.717) is 5.41 Å². The Morgan fingerprint density at radius 3 is 2.00 bits per heavy atom. The monoisotopic (exact) mass is 181 g/mol. The Morgan fingerprint density at radius 1 is 1.15 bits per heavy atom. The van der Waals surface area contributed by atoms with Crippen LogP contribution in [-0.2, 0) is 0 Å². The van der Waals surface area contributed by atoms with Gasteiger partial charge in [-0.15, -0.1) is 0 Å². The summed E-state index contributed by atoms with van der Waals surface area (Å²) in [5.41, 5.74) is 6.70. The zero-order valence-electron chi connectivity index (χ0n) is 9.27. The molecule has 2 atom stereocenters. The standard InChI is InChI=1S/C12H23N/c1-11(2,13)12(3)7-9-4-5-10(6-9)8-12/h9-10H,4-8,13H2,1-3H3. The van der Waals surface area contributed by atoms with Crippen LogP contribution in [0.15, 0.2) is 0 Å². The molecule has 0 aromatic heterocycles. The molecule has 76 valence electrons. The van der Waals surface area contributed by atoms with Gasteiger partial charge in [0.2, 0.25) is 0 Å². The van der Waals surface area contributed by atoms with E-state index in [4.69, 9.17) is 5.73 Å². The molecule has 0 spiro atoms. The lowest BCUT2D eigenvalue weighted by molar-refractivity contribution is 0.0726. The largest absolute Gasteiger partial charge is 0.325 e. The van der Waals surface area contributed by atoms with Crippen molar-refractivity contribution in [2.45, 2.75) is 58.4 Å². The molecule has 2 aliphatic rings. The zero-order valence-corrected chi connectivity index (χ0v) is 9.27. The van der Waals surface area contributed by atoms with Crippen LogP contribution >= 0.6 is 0 Å². The average Bonchev–Trinajstić information content (AvgIpc) is 2.28.